The number of carbonyl (C=O) groups excluding carboxylic acids is 1. The summed E-state index contributed by atoms with van der Waals surface area (Å²) >= 11 is 1.39. The Morgan fingerprint density at radius 2 is 1.94 bits per heavy atom. The number of hydrogen-bond acceptors (Lipinski definition) is 5. The van der Waals surface area contributed by atoms with Gasteiger partial charge < -0.3 is 9.40 Å². The van der Waals surface area contributed by atoms with Gasteiger partial charge in [-0.3, -0.25) is 9.36 Å². The van der Waals surface area contributed by atoms with Crippen LogP contribution in [0.5, 0.6) is 0 Å². The average Bonchev–Trinajstić information content (AvgIpc) is 3.56. The lowest BCUT2D eigenvalue weighted by Crippen LogP contribution is -2.11. The van der Waals surface area contributed by atoms with Crippen LogP contribution in [0.1, 0.15) is 26.9 Å². The van der Waals surface area contributed by atoms with Crippen LogP contribution in [-0.2, 0) is 6.54 Å². The zero-order valence-electron chi connectivity index (χ0n) is 18.1. The number of rotatable bonds is 8. The van der Waals surface area contributed by atoms with Gasteiger partial charge in [0.1, 0.15) is 11.0 Å². The van der Waals surface area contributed by atoms with Gasteiger partial charge in [0.25, 0.3) is 0 Å². The van der Waals surface area contributed by atoms with Crippen molar-refractivity contribution in [2.75, 3.05) is 0 Å². The van der Waals surface area contributed by atoms with Crippen molar-refractivity contribution in [2.45, 2.75) is 23.9 Å². The van der Waals surface area contributed by atoms with Gasteiger partial charge in [-0.05, 0) is 24.6 Å². The van der Waals surface area contributed by atoms with Gasteiger partial charge in [-0.15, -0.1) is 16.8 Å². The highest BCUT2D eigenvalue weighted by molar-refractivity contribution is 8.00. The number of aromatic nitrogens is 4. The van der Waals surface area contributed by atoms with E-state index in [0.29, 0.717) is 23.1 Å². The maximum atomic E-state index is 13.9. The number of furan rings is 1. The van der Waals surface area contributed by atoms with Gasteiger partial charge in [0.2, 0.25) is 0 Å². The van der Waals surface area contributed by atoms with Crippen LogP contribution in [0.15, 0.2) is 95.4 Å². The standard InChI is InChI=1S/C26H22N4O2S/c1-3-14-30-25(19-13-15-32-17(19)2)28-29-26(30)33-24(18-9-5-4-6-10-18)23(31)21-16-27-22-12-8-7-11-20(21)22/h3-13,15-16,24,27H,1,14H2,2H3. The van der Waals surface area contributed by atoms with Crippen LogP contribution >= 0.6 is 11.8 Å². The molecule has 33 heavy (non-hydrogen) atoms. The Morgan fingerprint density at radius 3 is 2.70 bits per heavy atom. The Hall–Kier alpha value is -3.84. The van der Waals surface area contributed by atoms with Gasteiger partial charge >= 0.3 is 0 Å². The van der Waals surface area contributed by atoms with Crippen LogP contribution in [0.4, 0.5) is 0 Å². The SMILES string of the molecule is C=CCn1c(SC(C(=O)c2c[nH]c3ccccc23)c2ccccc2)nnc1-c1ccoc1C. The zero-order valence-corrected chi connectivity index (χ0v) is 18.9. The smallest absolute Gasteiger partial charge is 0.192 e. The summed E-state index contributed by atoms with van der Waals surface area (Å²) in [6.07, 6.45) is 5.22. The van der Waals surface area contributed by atoms with Crippen molar-refractivity contribution in [2.24, 2.45) is 0 Å². The quantitative estimate of drug-likeness (QED) is 0.171. The van der Waals surface area contributed by atoms with Crippen molar-refractivity contribution in [1.82, 2.24) is 19.7 Å². The number of ketones is 1. The molecule has 6 nitrogen and oxygen atoms in total. The normalized spacial score (nSPS) is 12.2. The summed E-state index contributed by atoms with van der Waals surface area (Å²) in [5.74, 6) is 1.46. The monoisotopic (exact) mass is 454 g/mol. The van der Waals surface area contributed by atoms with Gasteiger partial charge in [0.15, 0.2) is 16.8 Å². The fraction of sp³-hybridized carbons (Fsp3) is 0.115. The molecule has 0 amide bonds. The van der Waals surface area contributed by atoms with E-state index < -0.39 is 5.25 Å². The van der Waals surface area contributed by atoms with E-state index in [2.05, 4.69) is 21.8 Å². The van der Waals surface area contributed by atoms with Crippen LogP contribution in [0.3, 0.4) is 0 Å². The molecule has 0 fully saturated rings. The summed E-state index contributed by atoms with van der Waals surface area (Å²) < 4.78 is 7.43. The van der Waals surface area contributed by atoms with Crippen molar-refractivity contribution in [3.05, 3.63) is 103 Å². The molecule has 5 rings (SSSR count). The number of thioether (sulfide) groups is 1. The number of aryl methyl sites for hydroxylation is 1. The number of nitrogens with zero attached hydrogens (tertiary/aromatic N) is 3. The fourth-order valence-electron chi connectivity index (χ4n) is 3.91. The van der Waals surface area contributed by atoms with Crippen LogP contribution in [0.2, 0.25) is 0 Å². The predicted molar refractivity (Wildman–Crippen MR) is 130 cm³/mol. The first kappa shape index (κ1) is 21.0. The molecule has 2 aromatic carbocycles. The van der Waals surface area contributed by atoms with Crippen molar-refractivity contribution in [3.63, 3.8) is 0 Å². The summed E-state index contributed by atoms with van der Waals surface area (Å²) in [6, 6.07) is 19.5. The van der Waals surface area contributed by atoms with Crippen molar-refractivity contribution in [3.8, 4) is 11.4 Å². The molecule has 1 N–H and O–H groups in total. The maximum absolute atomic E-state index is 13.9. The summed E-state index contributed by atoms with van der Waals surface area (Å²) in [4.78, 5) is 17.1. The number of carbonyl (C=O) groups is 1. The molecule has 3 aromatic heterocycles. The van der Waals surface area contributed by atoms with E-state index in [4.69, 9.17) is 4.42 Å². The summed E-state index contributed by atoms with van der Waals surface area (Å²) in [5, 5.41) is 9.94. The van der Waals surface area contributed by atoms with E-state index in [1.165, 1.54) is 11.8 Å². The van der Waals surface area contributed by atoms with Crippen molar-refractivity contribution in [1.29, 1.82) is 0 Å². The van der Waals surface area contributed by atoms with E-state index in [1.807, 2.05) is 72.2 Å². The number of aromatic amines is 1. The minimum Gasteiger partial charge on any atom is -0.469 e. The van der Waals surface area contributed by atoms with Crippen LogP contribution in [0, 0.1) is 6.92 Å². The average molecular weight is 455 g/mol. The van der Waals surface area contributed by atoms with Crippen LogP contribution < -0.4 is 0 Å². The first-order valence-electron chi connectivity index (χ1n) is 10.6. The third kappa shape index (κ3) is 3.91. The van der Waals surface area contributed by atoms with E-state index in [-0.39, 0.29) is 5.78 Å². The van der Waals surface area contributed by atoms with Crippen molar-refractivity contribution >= 4 is 28.4 Å². The highest BCUT2D eigenvalue weighted by Gasteiger charge is 2.28. The second-order valence-corrected chi connectivity index (χ2v) is 8.69. The molecular formula is C26H22N4O2S. The molecule has 0 saturated carbocycles. The Kier molecular flexibility index (Phi) is 5.71. The maximum Gasteiger partial charge on any atom is 0.192 e. The number of H-pyrrole nitrogens is 1. The molecule has 0 radical (unpaired) electrons. The van der Waals surface area contributed by atoms with Crippen LogP contribution in [-0.4, -0.2) is 25.5 Å². The van der Waals surface area contributed by atoms with E-state index in [9.17, 15) is 4.79 Å². The molecule has 0 aliphatic carbocycles. The van der Waals surface area contributed by atoms with Gasteiger partial charge in [-0.25, -0.2) is 0 Å². The minimum absolute atomic E-state index is 0.0119. The zero-order chi connectivity index (χ0) is 22.8. The van der Waals surface area contributed by atoms with E-state index >= 15 is 0 Å². The van der Waals surface area contributed by atoms with Gasteiger partial charge in [0, 0.05) is 29.2 Å². The van der Waals surface area contributed by atoms with E-state index in [0.717, 1.165) is 27.8 Å². The molecule has 7 heteroatoms. The predicted octanol–water partition coefficient (Wildman–Crippen LogP) is 6.23. The Bertz CT molecular complexity index is 1430. The molecule has 0 saturated heterocycles. The number of benzene rings is 2. The minimum atomic E-state index is -0.489. The number of Topliss-reactive ketones (excluding diaryl/α,β-unsaturated/α-hetero) is 1. The molecule has 0 aliphatic rings. The lowest BCUT2D eigenvalue weighted by molar-refractivity contribution is 0.0991. The van der Waals surface area contributed by atoms with Crippen LogP contribution in [0.25, 0.3) is 22.3 Å². The van der Waals surface area contributed by atoms with Crippen molar-refractivity contribution < 1.29 is 9.21 Å². The molecular weight excluding hydrogens is 432 g/mol. The second-order valence-electron chi connectivity index (χ2n) is 7.62. The first-order valence-corrected chi connectivity index (χ1v) is 11.5. The van der Waals surface area contributed by atoms with Gasteiger partial charge in [-0.2, -0.15) is 0 Å². The third-order valence-corrected chi connectivity index (χ3v) is 6.78. The largest absolute Gasteiger partial charge is 0.469 e. The molecule has 164 valence electrons. The Morgan fingerprint density at radius 1 is 1.15 bits per heavy atom. The topological polar surface area (TPSA) is 76.7 Å². The molecule has 0 spiro atoms. The molecule has 1 atom stereocenters. The lowest BCUT2D eigenvalue weighted by atomic mass is 10.0. The fourth-order valence-corrected chi connectivity index (χ4v) is 5.02. The van der Waals surface area contributed by atoms with Gasteiger partial charge in [-0.1, -0.05) is 66.4 Å². The molecule has 0 bridgehead atoms. The lowest BCUT2D eigenvalue weighted by Gasteiger charge is -2.16. The highest BCUT2D eigenvalue weighted by Crippen LogP contribution is 2.39. The highest BCUT2D eigenvalue weighted by atomic mass is 32.2. The number of hydrogen-bond donors (Lipinski definition) is 1. The summed E-state index contributed by atoms with van der Waals surface area (Å²) in [5.41, 5.74) is 3.38. The number of fused-ring (bicyclic) bond motifs is 1. The Balaban J connectivity index is 1.58. The van der Waals surface area contributed by atoms with Gasteiger partial charge in [0.05, 0.1) is 11.8 Å². The Labute approximate surface area is 195 Å². The molecule has 0 aliphatic heterocycles. The number of allylic oxidation sites excluding steroid dienone is 1. The number of para-hydroxylation sites is 1. The molecule has 5 aromatic rings. The first-order chi connectivity index (χ1) is 16.2. The second kappa shape index (κ2) is 8.96. The third-order valence-electron chi connectivity index (χ3n) is 5.55. The summed E-state index contributed by atoms with van der Waals surface area (Å²) in [6.45, 7) is 6.29. The summed E-state index contributed by atoms with van der Waals surface area (Å²) in [7, 11) is 0. The molecule has 1 unspecified atom stereocenters. The number of nitrogens with one attached hydrogen (secondary N) is 1. The van der Waals surface area contributed by atoms with E-state index in [1.54, 1.807) is 18.5 Å². The molecule has 3 heterocycles.